The minimum absolute atomic E-state index is 0.0625. The smallest absolute Gasteiger partial charge is 0.161 e. The Balaban J connectivity index is 1.40. The number of benzene rings is 3. The van der Waals surface area contributed by atoms with E-state index in [9.17, 15) is 5.26 Å². The van der Waals surface area contributed by atoms with E-state index in [0.29, 0.717) is 12.2 Å². The highest BCUT2D eigenvalue weighted by Gasteiger charge is 2.21. The molecule has 0 radical (unpaired) electrons. The Bertz CT molecular complexity index is 1470. The van der Waals surface area contributed by atoms with Gasteiger partial charge < -0.3 is 14.8 Å². The van der Waals surface area contributed by atoms with Crippen LogP contribution in [0.15, 0.2) is 85.2 Å². The predicted octanol–water partition coefficient (Wildman–Crippen LogP) is 6.42. The maximum Gasteiger partial charge on any atom is 0.161 e. The Labute approximate surface area is 218 Å². The summed E-state index contributed by atoms with van der Waals surface area (Å²) in [6.07, 6.45) is 8.68. The van der Waals surface area contributed by atoms with Gasteiger partial charge in [-0.3, -0.25) is 4.98 Å². The second-order valence-corrected chi connectivity index (χ2v) is 9.16. The van der Waals surface area contributed by atoms with Crippen molar-refractivity contribution < 1.29 is 9.47 Å². The molecule has 0 fully saturated rings. The lowest BCUT2D eigenvalue weighted by molar-refractivity contribution is 0.283. The molecule has 0 bridgehead atoms. The van der Waals surface area contributed by atoms with E-state index in [4.69, 9.17) is 9.47 Å². The Hall–Kier alpha value is -4.40. The molecule has 5 heteroatoms. The van der Waals surface area contributed by atoms with Gasteiger partial charge in [0.25, 0.3) is 0 Å². The lowest BCUT2D eigenvalue weighted by atomic mass is 9.92. The third-order valence-electron chi connectivity index (χ3n) is 6.70. The predicted molar refractivity (Wildman–Crippen MR) is 146 cm³/mol. The number of nitrogens with zero attached hydrogens (tertiary/aromatic N) is 2. The standard InChI is InChI=1S/C32H29N3O2/c1-22-8-9-26(28-14-24(18-33)19-34-20-28)15-25(22)10-11-30-29-17-31(36-2)32(16-27(29)12-13-35-30)37-21-23-6-4-3-5-7-23/h3-11,14-17,19-20,30,35H,12-13,21H2,1-2H3/b11-10+. The van der Waals surface area contributed by atoms with Gasteiger partial charge in [-0.15, -0.1) is 0 Å². The number of rotatable bonds is 7. The number of methoxy groups -OCH3 is 1. The van der Waals surface area contributed by atoms with Crippen LogP contribution in [0.3, 0.4) is 0 Å². The molecule has 1 unspecified atom stereocenters. The number of nitriles is 1. The first-order valence-corrected chi connectivity index (χ1v) is 12.4. The summed E-state index contributed by atoms with van der Waals surface area (Å²) in [5.41, 5.74) is 8.42. The van der Waals surface area contributed by atoms with Crippen LogP contribution in [0.4, 0.5) is 0 Å². The van der Waals surface area contributed by atoms with E-state index in [1.807, 2.05) is 24.3 Å². The van der Waals surface area contributed by atoms with Crippen LogP contribution < -0.4 is 14.8 Å². The molecule has 1 atom stereocenters. The van der Waals surface area contributed by atoms with Crippen LogP contribution >= 0.6 is 0 Å². The molecule has 0 spiro atoms. The molecular formula is C32H29N3O2. The summed E-state index contributed by atoms with van der Waals surface area (Å²) in [5.74, 6) is 1.51. The van der Waals surface area contributed by atoms with Crippen molar-refractivity contribution in [1.82, 2.24) is 10.3 Å². The zero-order valence-electron chi connectivity index (χ0n) is 21.1. The summed E-state index contributed by atoms with van der Waals surface area (Å²) >= 11 is 0. The van der Waals surface area contributed by atoms with Crippen molar-refractivity contribution >= 4 is 6.08 Å². The number of nitrogens with one attached hydrogen (secondary N) is 1. The topological polar surface area (TPSA) is 67.2 Å². The van der Waals surface area contributed by atoms with Crippen molar-refractivity contribution in [2.75, 3.05) is 13.7 Å². The molecule has 0 saturated carbocycles. The molecule has 3 aromatic carbocycles. The molecule has 184 valence electrons. The van der Waals surface area contributed by atoms with Gasteiger partial charge in [0.2, 0.25) is 0 Å². The van der Waals surface area contributed by atoms with Crippen LogP contribution in [0.1, 0.15) is 39.4 Å². The maximum absolute atomic E-state index is 9.23. The monoisotopic (exact) mass is 487 g/mol. The van der Waals surface area contributed by atoms with Crippen molar-refractivity contribution in [2.45, 2.75) is 26.0 Å². The number of hydrogen-bond donors (Lipinski definition) is 1. The van der Waals surface area contributed by atoms with Crippen LogP contribution in [0.25, 0.3) is 17.2 Å². The molecule has 5 rings (SSSR count). The van der Waals surface area contributed by atoms with Crippen LogP contribution in [0.5, 0.6) is 11.5 Å². The van der Waals surface area contributed by atoms with Crippen LogP contribution in [-0.2, 0) is 13.0 Å². The third-order valence-corrected chi connectivity index (χ3v) is 6.70. The Kier molecular flexibility index (Phi) is 7.30. The molecule has 37 heavy (non-hydrogen) atoms. The van der Waals surface area contributed by atoms with Gasteiger partial charge in [0.1, 0.15) is 12.7 Å². The van der Waals surface area contributed by atoms with Gasteiger partial charge in [-0.05, 0) is 71.0 Å². The maximum atomic E-state index is 9.23. The molecule has 2 heterocycles. The minimum atomic E-state index is 0.0625. The van der Waals surface area contributed by atoms with E-state index in [0.717, 1.165) is 46.7 Å². The first-order chi connectivity index (χ1) is 18.1. The summed E-state index contributed by atoms with van der Waals surface area (Å²) in [5, 5.41) is 12.9. The highest BCUT2D eigenvalue weighted by Crippen LogP contribution is 2.36. The van der Waals surface area contributed by atoms with Crippen LogP contribution in [0.2, 0.25) is 0 Å². The molecule has 1 aromatic heterocycles. The van der Waals surface area contributed by atoms with Gasteiger partial charge in [-0.25, -0.2) is 0 Å². The van der Waals surface area contributed by atoms with E-state index in [-0.39, 0.29) is 6.04 Å². The molecule has 0 aliphatic carbocycles. The summed E-state index contributed by atoms with van der Waals surface area (Å²) in [6, 6.07) is 24.8. The van der Waals surface area contributed by atoms with E-state index in [2.05, 4.69) is 77.9 Å². The molecule has 4 aromatic rings. The molecule has 0 amide bonds. The molecular weight excluding hydrogens is 458 g/mol. The van der Waals surface area contributed by atoms with Gasteiger partial charge in [0.15, 0.2) is 11.5 Å². The second-order valence-electron chi connectivity index (χ2n) is 9.16. The van der Waals surface area contributed by atoms with Gasteiger partial charge in [0.05, 0.1) is 18.7 Å². The Morgan fingerprint density at radius 2 is 1.89 bits per heavy atom. The van der Waals surface area contributed by atoms with Gasteiger partial charge >= 0.3 is 0 Å². The van der Waals surface area contributed by atoms with E-state index in [1.165, 1.54) is 16.7 Å². The average Bonchev–Trinajstić information content (AvgIpc) is 2.95. The number of aryl methyl sites for hydroxylation is 1. The number of hydrogen-bond acceptors (Lipinski definition) is 5. The number of fused-ring (bicyclic) bond motifs is 1. The fourth-order valence-corrected chi connectivity index (χ4v) is 4.63. The highest BCUT2D eigenvalue weighted by atomic mass is 16.5. The fourth-order valence-electron chi connectivity index (χ4n) is 4.63. The number of pyridine rings is 1. The quantitative estimate of drug-likeness (QED) is 0.326. The molecule has 1 aliphatic rings. The van der Waals surface area contributed by atoms with Gasteiger partial charge in [0, 0.05) is 24.5 Å². The largest absolute Gasteiger partial charge is 0.493 e. The third kappa shape index (κ3) is 5.55. The average molecular weight is 488 g/mol. The lowest BCUT2D eigenvalue weighted by Crippen LogP contribution is -2.28. The zero-order valence-corrected chi connectivity index (χ0v) is 21.1. The molecule has 5 nitrogen and oxygen atoms in total. The summed E-state index contributed by atoms with van der Waals surface area (Å²) in [6.45, 7) is 3.49. The van der Waals surface area contributed by atoms with E-state index >= 15 is 0 Å². The molecule has 1 N–H and O–H groups in total. The van der Waals surface area contributed by atoms with E-state index in [1.54, 1.807) is 19.5 Å². The van der Waals surface area contributed by atoms with Crippen molar-refractivity contribution in [2.24, 2.45) is 0 Å². The summed E-state index contributed by atoms with van der Waals surface area (Å²) in [4.78, 5) is 4.21. The number of aromatic nitrogens is 1. The SMILES string of the molecule is COc1cc2c(cc1OCc1ccccc1)CCNC2/C=C/c1cc(-c2cncc(C#N)c2)ccc1C. The van der Waals surface area contributed by atoms with Crippen molar-refractivity contribution in [3.05, 3.63) is 119 Å². The van der Waals surface area contributed by atoms with Gasteiger partial charge in [-0.1, -0.05) is 54.6 Å². The van der Waals surface area contributed by atoms with Gasteiger partial charge in [-0.2, -0.15) is 5.26 Å². The Morgan fingerprint density at radius 1 is 1.03 bits per heavy atom. The second kappa shape index (κ2) is 11.1. The molecule has 0 saturated heterocycles. The van der Waals surface area contributed by atoms with Crippen molar-refractivity contribution in [1.29, 1.82) is 5.26 Å². The lowest BCUT2D eigenvalue weighted by Gasteiger charge is -2.26. The first kappa shape index (κ1) is 24.3. The summed E-state index contributed by atoms with van der Waals surface area (Å²) in [7, 11) is 1.68. The summed E-state index contributed by atoms with van der Waals surface area (Å²) < 4.78 is 11.9. The first-order valence-electron chi connectivity index (χ1n) is 12.4. The molecule has 1 aliphatic heterocycles. The zero-order chi connectivity index (χ0) is 25.6. The number of ether oxygens (including phenoxy) is 2. The van der Waals surface area contributed by atoms with E-state index < -0.39 is 0 Å². The van der Waals surface area contributed by atoms with Crippen LogP contribution in [-0.4, -0.2) is 18.6 Å². The van der Waals surface area contributed by atoms with Crippen LogP contribution in [0, 0.1) is 18.3 Å². The Morgan fingerprint density at radius 3 is 2.70 bits per heavy atom. The minimum Gasteiger partial charge on any atom is -0.493 e. The van der Waals surface area contributed by atoms with Crippen molar-refractivity contribution in [3.63, 3.8) is 0 Å². The highest BCUT2D eigenvalue weighted by molar-refractivity contribution is 5.69. The fraction of sp³-hybridized carbons (Fsp3) is 0.188. The van der Waals surface area contributed by atoms with Crippen molar-refractivity contribution in [3.8, 4) is 28.7 Å². The normalized spacial score (nSPS) is 14.7.